The molecule has 0 saturated heterocycles. The summed E-state index contributed by atoms with van der Waals surface area (Å²) in [6.07, 6.45) is 0. The number of nitrogens with zero attached hydrogens (tertiary/aromatic N) is 2. The summed E-state index contributed by atoms with van der Waals surface area (Å²) in [6.45, 7) is 2.49. The molecule has 20 heavy (non-hydrogen) atoms. The van der Waals surface area contributed by atoms with E-state index >= 15 is 0 Å². The first-order valence-electron chi connectivity index (χ1n) is 6.08. The Bertz CT molecular complexity index is 723. The van der Waals surface area contributed by atoms with Gasteiger partial charge in [0.05, 0.1) is 10.6 Å². The summed E-state index contributed by atoms with van der Waals surface area (Å²) in [5.41, 5.74) is 1.86. The molecule has 6 heteroatoms. The number of para-hydroxylation sites is 1. The average molecular weight is 306 g/mol. The minimum Gasteiger partial charge on any atom is -0.421 e. The Hall–Kier alpha value is -1.85. The van der Waals surface area contributed by atoms with Crippen molar-refractivity contribution in [2.75, 3.05) is 5.32 Å². The third-order valence-electron chi connectivity index (χ3n) is 2.76. The molecule has 0 aliphatic rings. The number of aryl methyl sites for hydroxylation is 1. The second-order valence-electron chi connectivity index (χ2n) is 4.26. The summed E-state index contributed by atoms with van der Waals surface area (Å²) in [5.74, 6) is 1.08. The van der Waals surface area contributed by atoms with Crippen molar-refractivity contribution in [3.05, 3.63) is 51.5 Å². The highest BCUT2D eigenvalue weighted by Crippen LogP contribution is 2.28. The molecule has 0 unspecified atom stereocenters. The highest BCUT2D eigenvalue weighted by molar-refractivity contribution is 7.10. The van der Waals surface area contributed by atoms with Crippen molar-refractivity contribution >= 4 is 28.6 Å². The molecule has 2 heterocycles. The van der Waals surface area contributed by atoms with Crippen LogP contribution < -0.4 is 5.32 Å². The van der Waals surface area contributed by atoms with Gasteiger partial charge in [0, 0.05) is 29.4 Å². The van der Waals surface area contributed by atoms with E-state index in [-0.39, 0.29) is 0 Å². The molecule has 0 aliphatic heterocycles. The molecule has 0 fully saturated rings. The molecule has 3 aromatic rings. The molecule has 0 aliphatic carbocycles. The number of thiophene rings is 1. The van der Waals surface area contributed by atoms with Gasteiger partial charge in [-0.3, -0.25) is 0 Å². The van der Waals surface area contributed by atoms with Crippen LogP contribution in [0.2, 0.25) is 5.02 Å². The van der Waals surface area contributed by atoms with Gasteiger partial charge in [0.1, 0.15) is 0 Å². The van der Waals surface area contributed by atoms with E-state index in [1.54, 1.807) is 18.3 Å². The van der Waals surface area contributed by atoms with Gasteiger partial charge >= 0.3 is 0 Å². The molecule has 0 amide bonds. The van der Waals surface area contributed by atoms with Gasteiger partial charge in [0.15, 0.2) is 0 Å². The van der Waals surface area contributed by atoms with Crippen LogP contribution in [0, 0.1) is 6.92 Å². The zero-order valence-electron chi connectivity index (χ0n) is 10.8. The van der Waals surface area contributed by atoms with E-state index in [4.69, 9.17) is 16.0 Å². The van der Waals surface area contributed by atoms with E-state index in [2.05, 4.69) is 15.5 Å². The van der Waals surface area contributed by atoms with Crippen LogP contribution in [-0.2, 0) is 6.54 Å². The third kappa shape index (κ3) is 2.84. The van der Waals surface area contributed by atoms with Gasteiger partial charge in [-0.15, -0.1) is 21.5 Å². The molecule has 1 aromatic carbocycles. The lowest BCUT2D eigenvalue weighted by Crippen LogP contribution is -1.99. The van der Waals surface area contributed by atoms with Crippen LogP contribution in [0.1, 0.15) is 10.8 Å². The Labute approximate surface area is 125 Å². The minimum atomic E-state index is 0.523. The predicted octanol–water partition coefficient (Wildman–Crippen LogP) is 4.37. The van der Waals surface area contributed by atoms with Crippen LogP contribution in [0.3, 0.4) is 0 Å². The fourth-order valence-electron chi connectivity index (χ4n) is 1.86. The smallest absolute Gasteiger partial charge is 0.249 e. The van der Waals surface area contributed by atoms with Crippen LogP contribution in [0.15, 0.2) is 40.1 Å². The fraction of sp³-hybridized carbons (Fsp3) is 0.143. The molecule has 102 valence electrons. The number of hydrogen-bond donors (Lipinski definition) is 1. The monoisotopic (exact) mass is 305 g/mol. The number of halogens is 1. The Morgan fingerprint density at radius 2 is 2.15 bits per heavy atom. The maximum absolute atomic E-state index is 5.92. The van der Waals surface area contributed by atoms with E-state index in [1.165, 1.54) is 4.88 Å². The molecule has 0 radical (unpaired) electrons. The maximum atomic E-state index is 5.92. The van der Waals surface area contributed by atoms with Crippen molar-refractivity contribution in [1.82, 2.24) is 10.2 Å². The summed E-state index contributed by atoms with van der Waals surface area (Å²) in [7, 11) is 0. The van der Waals surface area contributed by atoms with Crippen LogP contribution in [-0.4, -0.2) is 10.2 Å². The summed E-state index contributed by atoms with van der Waals surface area (Å²) in [5, 5.41) is 14.0. The number of rotatable bonds is 4. The second-order valence-corrected chi connectivity index (χ2v) is 5.69. The summed E-state index contributed by atoms with van der Waals surface area (Å²) in [6, 6.07) is 9.82. The van der Waals surface area contributed by atoms with Crippen molar-refractivity contribution in [1.29, 1.82) is 0 Å². The van der Waals surface area contributed by atoms with Gasteiger partial charge in [0.25, 0.3) is 0 Å². The standard InChI is InChI=1S/C14H12ClN3OS/c1-9-17-18-14(19-9)12-4-2-3-5-13(12)16-7-11-6-10(15)8-20-11/h2-6,8,16H,7H2,1H3. The van der Waals surface area contributed by atoms with Crippen LogP contribution in [0.4, 0.5) is 5.69 Å². The maximum Gasteiger partial charge on any atom is 0.249 e. The molecule has 0 spiro atoms. The van der Waals surface area contributed by atoms with Gasteiger partial charge in [-0.1, -0.05) is 23.7 Å². The van der Waals surface area contributed by atoms with E-state index in [9.17, 15) is 0 Å². The normalized spacial score (nSPS) is 10.7. The predicted molar refractivity (Wildman–Crippen MR) is 81.1 cm³/mol. The zero-order chi connectivity index (χ0) is 13.9. The molecule has 0 atom stereocenters. The number of aromatic nitrogens is 2. The molecule has 2 aromatic heterocycles. The Kier molecular flexibility index (Phi) is 3.71. The number of anilines is 1. The van der Waals surface area contributed by atoms with Crippen molar-refractivity contribution < 1.29 is 4.42 Å². The molecular weight excluding hydrogens is 294 g/mol. The van der Waals surface area contributed by atoms with Crippen molar-refractivity contribution in [3.8, 4) is 11.5 Å². The lowest BCUT2D eigenvalue weighted by Gasteiger charge is -2.08. The van der Waals surface area contributed by atoms with Crippen LogP contribution >= 0.6 is 22.9 Å². The van der Waals surface area contributed by atoms with Gasteiger partial charge < -0.3 is 9.73 Å². The van der Waals surface area contributed by atoms with E-state index in [0.29, 0.717) is 18.3 Å². The topological polar surface area (TPSA) is 51.0 Å². The van der Waals surface area contributed by atoms with Gasteiger partial charge in [0.2, 0.25) is 11.8 Å². The first kappa shape index (κ1) is 13.1. The lowest BCUT2D eigenvalue weighted by molar-refractivity contribution is 0.533. The largest absolute Gasteiger partial charge is 0.421 e. The Balaban J connectivity index is 1.83. The van der Waals surface area contributed by atoms with E-state index in [1.807, 2.05) is 35.7 Å². The van der Waals surface area contributed by atoms with Gasteiger partial charge in [-0.25, -0.2) is 0 Å². The SMILES string of the molecule is Cc1nnc(-c2ccccc2NCc2cc(Cl)cs2)o1. The highest BCUT2D eigenvalue weighted by Gasteiger charge is 2.10. The third-order valence-corrected chi connectivity index (χ3v) is 4.04. The number of nitrogens with one attached hydrogen (secondary N) is 1. The average Bonchev–Trinajstić information content (AvgIpc) is 3.06. The quantitative estimate of drug-likeness (QED) is 0.777. The fourth-order valence-corrected chi connectivity index (χ4v) is 2.87. The first-order chi connectivity index (χ1) is 9.72. The number of benzene rings is 1. The van der Waals surface area contributed by atoms with Crippen LogP contribution in [0.25, 0.3) is 11.5 Å². The molecule has 3 rings (SSSR count). The Morgan fingerprint density at radius 3 is 2.85 bits per heavy atom. The summed E-state index contributed by atoms with van der Waals surface area (Å²) in [4.78, 5) is 1.17. The summed E-state index contributed by atoms with van der Waals surface area (Å²) >= 11 is 7.55. The van der Waals surface area contributed by atoms with Crippen LogP contribution in [0.5, 0.6) is 0 Å². The van der Waals surface area contributed by atoms with E-state index in [0.717, 1.165) is 16.3 Å². The number of hydrogen-bond acceptors (Lipinski definition) is 5. The van der Waals surface area contributed by atoms with Crippen molar-refractivity contribution in [2.24, 2.45) is 0 Å². The van der Waals surface area contributed by atoms with Crippen molar-refractivity contribution in [2.45, 2.75) is 13.5 Å². The molecule has 4 nitrogen and oxygen atoms in total. The van der Waals surface area contributed by atoms with E-state index < -0.39 is 0 Å². The minimum absolute atomic E-state index is 0.523. The molecule has 0 saturated carbocycles. The second kappa shape index (κ2) is 5.64. The van der Waals surface area contributed by atoms with Gasteiger partial charge in [-0.05, 0) is 18.2 Å². The molecular formula is C14H12ClN3OS. The molecule has 1 N–H and O–H groups in total. The lowest BCUT2D eigenvalue weighted by atomic mass is 10.2. The zero-order valence-corrected chi connectivity index (χ0v) is 12.3. The highest BCUT2D eigenvalue weighted by atomic mass is 35.5. The summed E-state index contributed by atoms with van der Waals surface area (Å²) < 4.78 is 5.49. The van der Waals surface area contributed by atoms with Crippen molar-refractivity contribution in [3.63, 3.8) is 0 Å². The van der Waals surface area contributed by atoms with Gasteiger partial charge in [-0.2, -0.15) is 0 Å². The molecule has 0 bridgehead atoms. The first-order valence-corrected chi connectivity index (χ1v) is 7.34. The Morgan fingerprint density at radius 1 is 1.30 bits per heavy atom.